The van der Waals surface area contributed by atoms with Gasteiger partial charge in [0.1, 0.15) is 0 Å². The molecule has 0 amide bonds. The molecule has 0 N–H and O–H groups in total. The van der Waals surface area contributed by atoms with Crippen molar-refractivity contribution in [2.24, 2.45) is 11.8 Å². The lowest BCUT2D eigenvalue weighted by atomic mass is 9.49. The Bertz CT molecular complexity index is 1100. The molecule has 0 aliphatic heterocycles. The van der Waals surface area contributed by atoms with E-state index in [-0.39, 0.29) is 23.4 Å². The van der Waals surface area contributed by atoms with Crippen LogP contribution < -0.4 is 0 Å². The number of hydrogen-bond donors (Lipinski definition) is 0. The first-order chi connectivity index (χ1) is 15.8. The minimum Gasteiger partial charge on any atom is -0.294 e. The predicted octanol–water partition coefficient (Wildman–Crippen LogP) is 6.57. The van der Waals surface area contributed by atoms with E-state index in [0.29, 0.717) is 11.1 Å². The highest BCUT2D eigenvalue weighted by Crippen LogP contribution is 2.59. The van der Waals surface area contributed by atoms with Crippen molar-refractivity contribution in [3.05, 3.63) is 144 Å². The Morgan fingerprint density at radius 3 is 1.00 bits per heavy atom. The lowest BCUT2D eigenvalue weighted by Gasteiger charge is -2.51. The summed E-state index contributed by atoms with van der Waals surface area (Å²) < 4.78 is 0. The highest BCUT2D eigenvalue weighted by molar-refractivity contribution is 6.07. The maximum Gasteiger partial charge on any atom is 0.167 e. The van der Waals surface area contributed by atoms with Crippen LogP contribution in [0.5, 0.6) is 0 Å². The Hall–Kier alpha value is -3.78. The van der Waals surface area contributed by atoms with Gasteiger partial charge in [-0.25, -0.2) is 0 Å². The third-order valence-electron chi connectivity index (χ3n) is 6.64. The first-order valence-electron chi connectivity index (χ1n) is 11.0. The second-order valence-corrected chi connectivity index (χ2v) is 8.39. The second kappa shape index (κ2) is 8.76. The molecular weight excluding hydrogens is 392 g/mol. The van der Waals surface area contributed by atoms with Crippen LogP contribution in [0, 0.1) is 11.8 Å². The summed E-state index contributed by atoms with van der Waals surface area (Å²) in [5.41, 5.74) is 3.53. The van der Waals surface area contributed by atoms with Crippen molar-refractivity contribution in [1.29, 1.82) is 0 Å². The van der Waals surface area contributed by atoms with Crippen LogP contribution in [-0.4, -0.2) is 11.6 Å². The normalized spacial score (nSPS) is 22.0. The molecule has 1 saturated carbocycles. The Morgan fingerprint density at radius 1 is 0.406 bits per heavy atom. The number of benzene rings is 4. The number of Topliss-reactive ketones (excluding diaryl/α,β-unsaturated/α-hetero) is 2. The minimum atomic E-state index is -0.405. The van der Waals surface area contributed by atoms with E-state index in [9.17, 15) is 9.59 Å². The summed E-state index contributed by atoms with van der Waals surface area (Å²) in [6, 6.07) is 39.1. The van der Waals surface area contributed by atoms with Crippen LogP contribution in [0.15, 0.2) is 121 Å². The third-order valence-corrected chi connectivity index (χ3v) is 6.64. The standard InChI is InChI=1S/C30H24O2/c31-29(23-17-9-3-10-18-23)27-25(21-13-5-1-6-14-21)26(22-15-7-2-8-16-22)28(27)30(32)24-19-11-4-12-20-24/h1-20,25-28H. The molecule has 1 aliphatic carbocycles. The number of rotatable bonds is 6. The topological polar surface area (TPSA) is 34.1 Å². The van der Waals surface area contributed by atoms with E-state index in [2.05, 4.69) is 24.3 Å². The van der Waals surface area contributed by atoms with E-state index in [0.717, 1.165) is 11.1 Å². The fourth-order valence-corrected chi connectivity index (χ4v) is 5.17. The summed E-state index contributed by atoms with van der Waals surface area (Å²) in [4.78, 5) is 27.6. The molecule has 32 heavy (non-hydrogen) atoms. The molecule has 5 rings (SSSR count). The Kier molecular flexibility index (Phi) is 5.51. The fourth-order valence-electron chi connectivity index (χ4n) is 5.17. The first kappa shape index (κ1) is 20.1. The molecule has 4 aromatic carbocycles. The van der Waals surface area contributed by atoms with Gasteiger partial charge in [0.05, 0.1) is 0 Å². The molecule has 0 saturated heterocycles. The van der Waals surface area contributed by atoms with Gasteiger partial charge in [-0.15, -0.1) is 0 Å². The van der Waals surface area contributed by atoms with E-state index >= 15 is 0 Å². The molecule has 0 heterocycles. The van der Waals surface area contributed by atoms with Crippen molar-refractivity contribution in [2.75, 3.05) is 0 Å². The van der Waals surface area contributed by atoms with Gasteiger partial charge in [0, 0.05) is 34.8 Å². The zero-order valence-electron chi connectivity index (χ0n) is 17.7. The molecule has 0 bridgehead atoms. The van der Waals surface area contributed by atoms with Crippen LogP contribution in [0.2, 0.25) is 0 Å². The molecule has 0 radical (unpaired) electrons. The van der Waals surface area contributed by atoms with Crippen molar-refractivity contribution >= 4 is 11.6 Å². The van der Waals surface area contributed by atoms with Crippen molar-refractivity contribution in [1.82, 2.24) is 0 Å². The summed E-state index contributed by atoms with van der Waals surface area (Å²) >= 11 is 0. The van der Waals surface area contributed by atoms with Crippen molar-refractivity contribution in [3.63, 3.8) is 0 Å². The largest absolute Gasteiger partial charge is 0.294 e. The molecule has 4 aromatic rings. The minimum absolute atomic E-state index is 0.0425. The van der Waals surface area contributed by atoms with Gasteiger partial charge < -0.3 is 0 Å². The zero-order chi connectivity index (χ0) is 21.9. The average Bonchev–Trinajstić information content (AvgIpc) is 2.86. The quantitative estimate of drug-likeness (QED) is 0.333. The van der Waals surface area contributed by atoms with Gasteiger partial charge in [-0.1, -0.05) is 121 Å². The third kappa shape index (κ3) is 3.58. The molecule has 156 valence electrons. The monoisotopic (exact) mass is 416 g/mol. The highest BCUT2D eigenvalue weighted by Gasteiger charge is 2.57. The predicted molar refractivity (Wildman–Crippen MR) is 127 cm³/mol. The Labute approximate surface area is 188 Å². The summed E-state index contributed by atoms with van der Waals surface area (Å²) in [7, 11) is 0. The number of hydrogen-bond acceptors (Lipinski definition) is 2. The molecule has 1 fully saturated rings. The summed E-state index contributed by atoms with van der Waals surface area (Å²) in [6.45, 7) is 0. The smallest absolute Gasteiger partial charge is 0.167 e. The zero-order valence-corrected chi connectivity index (χ0v) is 17.7. The van der Waals surface area contributed by atoms with Gasteiger partial charge >= 0.3 is 0 Å². The SMILES string of the molecule is O=C(c1ccccc1)C1C(C(=O)c2ccccc2)C(c2ccccc2)C1c1ccccc1. The van der Waals surface area contributed by atoms with Crippen LogP contribution in [0.4, 0.5) is 0 Å². The maximum absolute atomic E-state index is 13.8. The van der Waals surface area contributed by atoms with E-state index in [1.807, 2.05) is 97.1 Å². The van der Waals surface area contributed by atoms with Crippen molar-refractivity contribution in [3.8, 4) is 0 Å². The van der Waals surface area contributed by atoms with Crippen LogP contribution >= 0.6 is 0 Å². The number of ketones is 2. The Balaban J connectivity index is 1.64. The number of carbonyl (C=O) groups is 2. The van der Waals surface area contributed by atoms with E-state index in [1.165, 1.54) is 0 Å². The van der Waals surface area contributed by atoms with E-state index < -0.39 is 11.8 Å². The molecule has 1 aliphatic rings. The van der Waals surface area contributed by atoms with Gasteiger partial charge in [0.25, 0.3) is 0 Å². The van der Waals surface area contributed by atoms with Gasteiger partial charge in [0.2, 0.25) is 0 Å². The summed E-state index contributed by atoms with van der Waals surface area (Å²) in [6.07, 6.45) is 0. The molecule has 2 nitrogen and oxygen atoms in total. The average molecular weight is 417 g/mol. The lowest BCUT2D eigenvalue weighted by Crippen LogP contribution is -2.51. The van der Waals surface area contributed by atoms with Gasteiger partial charge in [-0.3, -0.25) is 9.59 Å². The number of carbonyl (C=O) groups excluding carboxylic acids is 2. The molecule has 0 spiro atoms. The van der Waals surface area contributed by atoms with E-state index in [1.54, 1.807) is 0 Å². The van der Waals surface area contributed by atoms with Gasteiger partial charge in [-0.2, -0.15) is 0 Å². The Morgan fingerprint density at radius 2 is 0.688 bits per heavy atom. The van der Waals surface area contributed by atoms with E-state index in [4.69, 9.17) is 0 Å². The van der Waals surface area contributed by atoms with Crippen molar-refractivity contribution in [2.45, 2.75) is 11.8 Å². The molecule has 0 aromatic heterocycles. The van der Waals surface area contributed by atoms with Crippen LogP contribution in [0.3, 0.4) is 0 Å². The fraction of sp³-hybridized carbons (Fsp3) is 0.133. The highest BCUT2D eigenvalue weighted by atomic mass is 16.1. The maximum atomic E-state index is 13.8. The molecular formula is C30H24O2. The molecule has 4 unspecified atom stereocenters. The molecule has 2 heteroatoms. The lowest BCUT2D eigenvalue weighted by molar-refractivity contribution is 0.0456. The van der Waals surface area contributed by atoms with Crippen LogP contribution in [-0.2, 0) is 0 Å². The summed E-state index contributed by atoms with van der Waals surface area (Å²) in [5.74, 6) is -0.829. The summed E-state index contributed by atoms with van der Waals surface area (Å²) in [5, 5.41) is 0. The molecule has 4 atom stereocenters. The second-order valence-electron chi connectivity index (χ2n) is 8.39. The van der Waals surface area contributed by atoms with Crippen LogP contribution in [0.25, 0.3) is 0 Å². The van der Waals surface area contributed by atoms with Gasteiger partial charge in [0.15, 0.2) is 11.6 Å². The van der Waals surface area contributed by atoms with Crippen molar-refractivity contribution < 1.29 is 9.59 Å². The van der Waals surface area contributed by atoms with Crippen LogP contribution in [0.1, 0.15) is 43.7 Å². The van der Waals surface area contributed by atoms with Gasteiger partial charge in [-0.05, 0) is 11.1 Å². The first-order valence-corrected chi connectivity index (χ1v) is 11.0.